The van der Waals surface area contributed by atoms with Gasteiger partial charge < -0.3 is 14.9 Å². The van der Waals surface area contributed by atoms with Crippen LogP contribution in [0, 0.1) is 0 Å². The monoisotopic (exact) mass is 266 g/mol. The second kappa shape index (κ2) is 5.86. The number of nitrogens with one attached hydrogen (secondary N) is 1. The van der Waals surface area contributed by atoms with Crippen molar-refractivity contribution in [3.8, 4) is 0 Å². The molecule has 104 valence electrons. The van der Waals surface area contributed by atoms with Crippen LogP contribution < -0.4 is 5.32 Å². The highest BCUT2D eigenvalue weighted by Gasteiger charge is 2.29. The van der Waals surface area contributed by atoms with Gasteiger partial charge in [0.2, 0.25) is 5.76 Å². The van der Waals surface area contributed by atoms with E-state index in [4.69, 9.17) is 9.63 Å². The highest BCUT2D eigenvalue weighted by Crippen LogP contribution is 2.39. The van der Waals surface area contributed by atoms with Crippen LogP contribution in [-0.2, 0) is 4.79 Å². The Hall–Kier alpha value is -1.85. The maximum Gasteiger partial charge on any atom is 0.326 e. The zero-order chi connectivity index (χ0) is 13.8. The Morgan fingerprint density at radius 1 is 1.58 bits per heavy atom. The molecule has 0 aliphatic heterocycles. The number of carbonyl (C=O) groups is 2. The first-order valence-electron chi connectivity index (χ1n) is 6.62. The van der Waals surface area contributed by atoms with E-state index < -0.39 is 17.9 Å². The van der Waals surface area contributed by atoms with Crippen molar-refractivity contribution in [1.29, 1.82) is 0 Å². The highest BCUT2D eigenvalue weighted by atomic mass is 16.5. The van der Waals surface area contributed by atoms with Crippen LogP contribution in [0.15, 0.2) is 10.6 Å². The molecule has 0 saturated heterocycles. The number of carbonyl (C=O) groups excluding carboxylic acids is 1. The average molecular weight is 266 g/mol. The van der Waals surface area contributed by atoms with Gasteiger partial charge >= 0.3 is 5.97 Å². The average Bonchev–Trinajstić information content (AvgIpc) is 3.11. The zero-order valence-corrected chi connectivity index (χ0v) is 10.9. The molecular weight excluding hydrogens is 248 g/mol. The number of nitrogens with zero attached hydrogens (tertiary/aromatic N) is 1. The van der Waals surface area contributed by atoms with Gasteiger partial charge in [-0.15, -0.1) is 0 Å². The lowest BCUT2D eigenvalue weighted by Crippen LogP contribution is -2.40. The van der Waals surface area contributed by atoms with Gasteiger partial charge in [-0.25, -0.2) is 4.79 Å². The first-order chi connectivity index (χ1) is 9.11. The summed E-state index contributed by atoms with van der Waals surface area (Å²) in [5, 5.41) is 15.3. The second-order valence-electron chi connectivity index (χ2n) is 4.90. The molecule has 2 N–H and O–H groups in total. The molecule has 1 fully saturated rings. The molecule has 1 aliphatic carbocycles. The lowest BCUT2D eigenvalue weighted by molar-refractivity contribution is -0.139. The number of carboxylic acid groups (broad SMARTS) is 1. The van der Waals surface area contributed by atoms with E-state index in [-0.39, 0.29) is 5.76 Å². The molecule has 1 heterocycles. The summed E-state index contributed by atoms with van der Waals surface area (Å²) in [5.74, 6) is -1.04. The third-order valence-corrected chi connectivity index (χ3v) is 3.20. The van der Waals surface area contributed by atoms with Gasteiger partial charge in [-0.2, -0.15) is 0 Å². The van der Waals surface area contributed by atoms with E-state index in [1.54, 1.807) is 6.07 Å². The number of hydrogen-bond donors (Lipinski definition) is 2. The van der Waals surface area contributed by atoms with Gasteiger partial charge in [0.25, 0.3) is 5.91 Å². The molecule has 0 radical (unpaired) electrons. The number of hydrogen-bond acceptors (Lipinski definition) is 4. The van der Waals surface area contributed by atoms with Crippen molar-refractivity contribution in [2.75, 3.05) is 0 Å². The maximum absolute atomic E-state index is 11.9. The molecule has 1 aromatic heterocycles. The van der Waals surface area contributed by atoms with Crippen LogP contribution in [0.1, 0.15) is 61.2 Å². The summed E-state index contributed by atoms with van der Waals surface area (Å²) in [4.78, 5) is 22.9. The molecule has 6 heteroatoms. The van der Waals surface area contributed by atoms with Crippen LogP contribution in [0.4, 0.5) is 0 Å². The van der Waals surface area contributed by atoms with Crippen molar-refractivity contribution in [3.05, 3.63) is 17.5 Å². The van der Waals surface area contributed by atoms with Gasteiger partial charge in [-0.05, 0) is 19.3 Å². The van der Waals surface area contributed by atoms with Crippen LogP contribution in [-0.4, -0.2) is 28.2 Å². The van der Waals surface area contributed by atoms with Crippen LogP contribution in [0.2, 0.25) is 0 Å². The second-order valence-corrected chi connectivity index (χ2v) is 4.90. The van der Waals surface area contributed by atoms with Gasteiger partial charge in [0, 0.05) is 12.0 Å². The first-order valence-corrected chi connectivity index (χ1v) is 6.62. The van der Waals surface area contributed by atoms with Gasteiger partial charge in [-0.3, -0.25) is 4.79 Å². The number of amides is 1. The molecule has 6 nitrogen and oxygen atoms in total. The Morgan fingerprint density at radius 2 is 2.32 bits per heavy atom. The van der Waals surface area contributed by atoms with Crippen LogP contribution in [0.5, 0.6) is 0 Å². The van der Waals surface area contributed by atoms with Crippen LogP contribution in [0.25, 0.3) is 0 Å². The topological polar surface area (TPSA) is 92.4 Å². The predicted molar refractivity (Wildman–Crippen MR) is 66.9 cm³/mol. The minimum Gasteiger partial charge on any atom is -0.480 e. The van der Waals surface area contributed by atoms with E-state index in [0.717, 1.165) is 31.4 Å². The summed E-state index contributed by atoms with van der Waals surface area (Å²) in [6, 6.07) is 0.730. The summed E-state index contributed by atoms with van der Waals surface area (Å²) in [7, 11) is 0. The first kappa shape index (κ1) is 13.6. The van der Waals surface area contributed by atoms with Crippen molar-refractivity contribution < 1.29 is 19.2 Å². The third kappa shape index (κ3) is 3.56. The van der Waals surface area contributed by atoms with Crippen molar-refractivity contribution in [1.82, 2.24) is 10.5 Å². The van der Waals surface area contributed by atoms with Gasteiger partial charge in [0.1, 0.15) is 6.04 Å². The van der Waals surface area contributed by atoms with E-state index in [1.807, 2.05) is 6.92 Å². The Bertz CT molecular complexity index is 465. The number of aromatic nitrogens is 1. The third-order valence-electron chi connectivity index (χ3n) is 3.20. The minimum absolute atomic E-state index is 0.0876. The fraction of sp³-hybridized carbons (Fsp3) is 0.615. The van der Waals surface area contributed by atoms with E-state index in [1.165, 1.54) is 0 Å². The predicted octanol–water partition coefficient (Wildman–Crippen LogP) is 1.93. The van der Waals surface area contributed by atoms with E-state index in [0.29, 0.717) is 12.3 Å². The minimum atomic E-state index is -1.02. The van der Waals surface area contributed by atoms with E-state index in [2.05, 4.69) is 10.5 Å². The molecule has 2 rings (SSSR count). The molecule has 19 heavy (non-hydrogen) atoms. The molecule has 1 atom stereocenters. The molecule has 1 aromatic rings. The lowest BCUT2D eigenvalue weighted by Gasteiger charge is -2.12. The zero-order valence-electron chi connectivity index (χ0n) is 10.9. The molecule has 0 bridgehead atoms. The molecule has 0 unspecified atom stereocenters. The Balaban J connectivity index is 1.94. The molecular formula is C13H18N2O4. The quantitative estimate of drug-likeness (QED) is 0.786. The van der Waals surface area contributed by atoms with Crippen LogP contribution >= 0.6 is 0 Å². The number of unbranched alkanes of at least 4 members (excludes halogenated alkanes) is 1. The largest absolute Gasteiger partial charge is 0.480 e. The number of carboxylic acids is 1. The van der Waals surface area contributed by atoms with Crippen LogP contribution in [0.3, 0.4) is 0 Å². The van der Waals surface area contributed by atoms with Crippen molar-refractivity contribution >= 4 is 11.9 Å². The van der Waals surface area contributed by atoms with Gasteiger partial charge in [0.15, 0.2) is 0 Å². The molecule has 1 aliphatic rings. The van der Waals surface area contributed by atoms with Crippen molar-refractivity contribution in [3.63, 3.8) is 0 Å². The van der Waals surface area contributed by atoms with E-state index >= 15 is 0 Å². The van der Waals surface area contributed by atoms with Gasteiger partial charge in [-0.1, -0.05) is 24.9 Å². The summed E-state index contributed by atoms with van der Waals surface area (Å²) in [5.41, 5.74) is 0.783. The summed E-state index contributed by atoms with van der Waals surface area (Å²) in [6.45, 7) is 1.97. The SMILES string of the molecule is CCCC[C@H](NC(=O)c1cc(C2CC2)no1)C(=O)O. The summed E-state index contributed by atoms with van der Waals surface area (Å²) >= 11 is 0. The molecule has 0 spiro atoms. The summed E-state index contributed by atoms with van der Waals surface area (Å²) in [6.07, 6.45) is 4.19. The normalized spacial score (nSPS) is 16.1. The standard InChI is InChI=1S/C13H18N2O4/c1-2-3-4-9(13(17)18)14-12(16)11-7-10(15-19-11)8-5-6-8/h7-9H,2-6H2,1H3,(H,14,16)(H,17,18)/t9-/m0/s1. The smallest absolute Gasteiger partial charge is 0.326 e. The van der Waals surface area contributed by atoms with E-state index in [9.17, 15) is 9.59 Å². The Kier molecular flexibility index (Phi) is 4.19. The Morgan fingerprint density at radius 3 is 2.89 bits per heavy atom. The summed E-state index contributed by atoms with van der Waals surface area (Å²) < 4.78 is 4.96. The lowest BCUT2D eigenvalue weighted by atomic mass is 10.1. The fourth-order valence-corrected chi connectivity index (χ4v) is 1.86. The van der Waals surface area contributed by atoms with Crippen molar-refractivity contribution in [2.45, 2.75) is 51.0 Å². The maximum atomic E-state index is 11.9. The number of aliphatic carboxylic acids is 1. The molecule has 1 amide bonds. The Labute approximate surface area is 111 Å². The fourth-order valence-electron chi connectivity index (χ4n) is 1.86. The highest BCUT2D eigenvalue weighted by molar-refractivity contribution is 5.94. The van der Waals surface area contributed by atoms with Gasteiger partial charge in [0.05, 0.1) is 5.69 Å². The molecule has 1 saturated carbocycles. The van der Waals surface area contributed by atoms with Crippen molar-refractivity contribution in [2.24, 2.45) is 0 Å². The number of rotatable bonds is 7. The molecule has 0 aromatic carbocycles.